The largest absolute Gasteiger partial charge is 0.489 e. The molecule has 46 heavy (non-hydrogen) atoms. The van der Waals surface area contributed by atoms with Gasteiger partial charge in [-0.1, -0.05) is 138 Å². The molecule has 0 amide bonds. The van der Waals surface area contributed by atoms with E-state index in [1.54, 1.807) is 0 Å². The van der Waals surface area contributed by atoms with Crippen LogP contribution in [0.4, 0.5) is 0 Å². The van der Waals surface area contributed by atoms with Gasteiger partial charge >= 0.3 is 0 Å². The molecular formula is C41H56O5. The Morgan fingerprint density at radius 2 is 1.30 bits per heavy atom. The van der Waals surface area contributed by atoms with Crippen LogP contribution in [0.5, 0.6) is 11.5 Å². The Labute approximate surface area is 278 Å². The van der Waals surface area contributed by atoms with Crippen molar-refractivity contribution in [3.63, 3.8) is 0 Å². The molecule has 0 aliphatic carbocycles. The van der Waals surface area contributed by atoms with Crippen LogP contribution < -0.4 is 9.47 Å². The molecule has 3 aromatic rings. The average molecular weight is 629 g/mol. The van der Waals surface area contributed by atoms with Gasteiger partial charge in [0.15, 0.2) is 12.1 Å². The second kappa shape index (κ2) is 20.9. The first-order valence-electron chi connectivity index (χ1n) is 17.9. The van der Waals surface area contributed by atoms with Crippen LogP contribution in [-0.4, -0.2) is 24.8 Å². The summed E-state index contributed by atoms with van der Waals surface area (Å²) in [5.41, 5.74) is 3.56. The highest BCUT2D eigenvalue weighted by atomic mass is 16.7. The number of rotatable bonds is 22. The maximum absolute atomic E-state index is 14.4. The first-order chi connectivity index (χ1) is 22.6. The number of benzene rings is 3. The molecule has 2 unspecified atom stereocenters. The standard InChI is InChI=1S/C41H56O5/c1-3-4-5-6-7-8-9-10-11-12-19-26-37(46-40-27-20-21-28-43-40)41(42)36-30-38(44-31-34-22-15-13-16-23-34)33(2)29-39(36)45-32-35-24-17-14-18-25-35/h13-18,22-25,29-30,37,40H,3-12,19-21,26-28,31-32H2,1-2H3. The summed E-state index contributed by atoms with van der Waals surface area (Å²) in [5.74, 6) is 1.19. The van der Waals surface area contributed by atoms with Crippen molar-refractivity contribution in [1.82, 2.24) is 0 Å². The van der Waals surface area contributed by atoms with E-state index < -0.39 is 6.10 Å². The lowest BCUT2D eigenvalue weighted by atomic mass is 9.97. The van der Waals surface area contributed by atoms with Gasteiger partial charge in [0, 0.05) is 6.61 Å². The Hall–Kier alpha value is -3.15. The zero-order valence-corrected chi connectivity index (χ0v) is 28.4. The van der Waals surface area contributed by atoms with Gasteiger partial charge in [-0.2, -0.15) is 0 Å². The molecule has 1 aliphatic heterocycles. The molecule has 0 radical (unpaired) electrons. The molecule has 5 nitrogen and oxygen atoms in total. The summed E-state index contributed by atoms with van der Waals surface area (Å²) in [4.78, 5) is 14.4. The van der Waals surface area contributed by atoms with E-state index in [9.17, 15) is 4.79 Å². The van der Waals surface area contributed by atoms with E-state index in [0.29, 0.717) is 43.3 Å². The topological polar surface area (TPSA) is 54.0 Å². The lowest BCUT2D eigenvalue weighted by Crippen LogP contribution is -2.33. The molecule has 0 N–H and O–H groups in total. The number of ketones is 1. The normalized spacial score (nSPS) is 15.4. The fourth-order valence-electron chi connectivity index (χ4n) is 6.03. The highest BCUT2D eigenvalue weighted by Gasteiger charge is 2.29. The molecule has 5 heteroatoms. The maximum Gasteiger partial charge on any atom is 0.195 e. The lowest BCUT2D eigenvalue weighted by Gasteiger charge is -2.28. The van der Waals surface area contributed by atoms with Crippen LogP contribution in [0.25, 0.3) is 0 Å². The number of Topliss-reactive ketones (excluding diaryl/α,β-unsaturated/α-hetero) is 1. The van der Waals surface area contributed by atoms with Crippen molar-refractivity contribution in [2.45, 2.75) is 136 Å². The van der Waals surface area contributed by atoms with Crippen molar-refractivity contribution in [3.8, 4) is 11.5 Å². The van der Waals surface area contributed by atoms with Crippen LogP contribution in [0, 0.1) is 6.92 Å². The van der Waals surface area contributed by atoms with Crippen LogP contribution >= 0.6 is 0 Å². The lowest BCUT2D eigenvalue weighted by molar-refractivity contribution is -0.179. The zero-order valence-electron chi connectivity index (χ0n) is 28.4. The fraction of sp³-hybridized carbons (Fsp3) is 0.537. The van der Waals surface area contributed by atoms with Crippen molar-refractivity contribution in [3.05, 3.63) is 95.1 Å². The predicted molar refractivity (Wildman–Crippen MR) is 187 cm³/mol. The minimum absolute atomic E-state index is 0.0612. The summed E-state index contributed by atoms with van der Waals surface area (Å²) in [5, 5.41) is 0. The van der Waals surface area contributed by atoms with Crippen LogP contribution in [-0.2, 0) is 22.7 Å². The summed E-state index contributed by atoms with van der Waals surface area (Å²) in [6.07, 6.45) is 16.5. The van der Waals surface area contributed by atoms with Gasteiger partial charge in [0.25, 0.3) is 0 Å². The SMILES string of the molecule is CCCCCCCCCCCCCC(OC1CCCCO1)C(=O)c1cc(OCc2ccccc2)c(C)cc1OCc1ccccc1. The third-order valence-electron chi connectivity index (χ3n) is 8.83. The molecule has 1 saturated heterocycles. The minimum Gasteiger partial charge on any atom is -0.489 e. The van der Waals surface area contributed by atoms with E-state index in [2.05, 4.69) is 6.92 Å². The third kappa shape index (κ3) is 12.6. The number of hydrogen-bond donors (Lipinski definition) is 0. The minimum atomic E-state index is -0.592. The molecule has 3 aromatic carbocycles. The molecule has 0 bridgehead atoms. The van der Waals surface area contributed by atoms with Crippen molar-refractivity contribution in [2.24, 2.45) is 0 Å². The Morgan fingerprint density at radius 3 is 1.87 bits per heavy atom. The van der Waals surface area contributed by atoms with Crippen LogP contribution in [0.15, 0.2) is 72.8 Å². The number of carbonyl (C=O) groups excluding carboxylic acids is 1. The van der Waals surface area contributed by atoms with Gasteiger partial charge in [0.05, 0.1) is 5.56 Å². The Balaban J connectivity index is 1.44. The molecule has 250 valence electrons. The summed E-state index contributed by atoms with van der Waals surface area (Å²) in [6, 6.07) is 23.9. The van der Waals surface area contributed by atoms with Gasteiger partial charge < -0.3 is 18.9 Å². The third-order valence-corrected chi connectivity index (χ3v) is 8.83. The van der Waals surface area contributed by atoms with E-state index in [-0.39, 0.29) is 12.1 Å². The molecular weight excluding hydrogens is 572 g/mol. The summed E-state index contributed by atoms with van der Waals surface area (Å²) < 4.78 is 25.0. The number of aryl methyl sites for hydroxylation is 1. The smallest absolute Gasteiger partial charge is 0.195 e. The van der Waals surface area contributed by atoms with Gasteiger partial charge in [0.2, 0.25) is 0 Å². The molecule has 1 aliphatic rings. The molecule has 1 heterocycles. The predicted octanol–water partition coefficient (Wildman–Crippen LogP) is 10.9. The highest BCUT2D eigenvalue weighted by Crippen LogP contribution is 2.33. The molecule has 2 atom stereocenters. The highest BCUT2D eigenvalue weighted by molar-refractivity contribution is 6.02. The quantitative estimate of drug-likeness (QED) is 0.0818. The number of ether oxygens (including phenoxy) is 4. The Kier molecular flexibility index (Phi) is 16.2. The molecule has 4 rings (SSSR count). The summed E-state index contributed by atoms with van der Waals surface area (Å²) in [6.45, 7) is 5.75. The van der Waals surface area contributed by atoms with Gasteiger partial charge in [0.1, 0.15) is 30.8 Å². The van der Waals surface area contributed by atoms with Crippen molar-refractivity contribution in [2.75, 3.05) is 6.61 Å². The zero-order chi connectivity index (χ0) is 32.2. The molecule has 1 fully saturated rings. The maximum atomic E-state index is 14.4. The van der Waals surface area contributed by atoms with E-state index in [1.807, 2.05) is 79.7 Å². The summed E-state index contributed by atoms with van der Waals surface area (Å²) >= 11 is 0. The number of unbranched alkanes of at least 4 members (excludes halogenated alkanes) is 10. The average Bonchev–Trinajstić information content (AvgIpc) is 3.09. The van der Waals surface area contributed by atoms with Gasteiger partial charge in [-0.05, 0) is 61.4 Å². The second-order valence-electron chi connectivity index (χ2n) is 12.8. The number of carbonyl (C=O) groups is 1. The van der Waals surface area contributed by atoms with E-state index in [0.717, 1.165) is 48.8 Å². The van der Waals surface area contributed by atoms with E-state index >= 15 is 0 Å². The Bertz CT molecular complexity index is 1250. The fourth-order valence-corrected chi connectivity index (χ4v) is 6.03. The van der Waals surface area contributed by atoms with Gasteiger partial charge in [-0.25, -0.2) is 0 Å². The van der Waals surface area contributed by atoms with E-state index in [1.165, 1.54) is 57.8 Å². The first-order valence-corrected chi connectivity index (χ1v) is 17.9. The van der Waals surface area contributed by atoms with Gasteiger partial charge in [-0.15, -0.1) is 0 Å². The number of hydrogen-bond acceptors (Lipinski definition) is 5. The monoisotopic (exact) mass is 628 g/mol. The van der Waals surface area contributed by atoms with Crippen molar-refractivity contribution < 1.29 is 23.7 Å². The van der Waals surface area contributed by atoms with Crippen LogP contribution in [0.2, 0.25) is 0 Å². The Morgan fingerprint density at radius 1 is 0.739 bits per heavy atom. The summed E-state index contributed by atoms with van der Waals surface area (Å²) in [7, 11) is 0. The molecule has 0 saturated carbocycles. The van der Waals surface area contributed by atoms with Gasteiger partial charge in [-0.3, -0.25) is 4.79 Å². The molecule has 0 spiro atoms. The van der Waals surface area contributed by atoms with Crippen LogP contribution in [0.3, 0.4) is 0 Å². The van der Waals surface area contributed by atoms with Crippen molar-refractivity contribution in [1.29, 1.82) is 0 Å². The van der Waals surface area contributed by atoms with Crippen molar-refractivity contribution >= 4 is 5.78 Å². The second-order valence-corrected chi connectivity index (χ2v) is 12.8. The first kappa shape index (κ1) is 35.7. The van der Waals surface area contributed by atoms with Crippen LogP contribution in [0.1, 0.15) is 130 Å². The van der Waals surface area contributed by atoms with E-state index in [4.69, 9.17) is 18.9 Å². The molecule has 0 aromatic heterocycles.